The van der Waals surface area contributed by atoms with Gasteiger partial charge in [-0.2, -0.15) is 0 Å². The van der Waals surface area contributed by atoms with E-state index in [1.807, 2.05) is 0 Å². The lowest BCUT2D eigenvalue weighted by Gasteiger charge is -2.31. The molecule has 0 atom stereocenters. The normalized spacial score (nSPS) is 13.3. The van der Waals surface area contributed by atoms with Gasteiger partial charge in [-0.25, -0.2) is 0 Å². The van der Waals surface area contributed by atoms with Gasteiger partial charge in [-0.3, -0.25) is 0 Å². The molecule has 0 amide bonds. The number of rotatable bonds is 3. The number of nitrogens with zero attached hydrogens (tertiary/aromatic N) is 1. The summed E-state index contributed by atoms with van der Waals surface area (Å²) in [5, 5.41) is 7.66. The molecule has 1 nitrogen and oxygen atoms in total. The monoisotopic (exact) mass is 661 g/mol. The smallest absolute Gasteiger partial charge is 0.0725 e. The lowest BCUT2D eigenvalue weighted by atomic mass is 9.70. The van der Waals surface area contributed by atoms with Gasteiger partial charge in [0.05, 0.1) is 11.1 Å². The Balaban J connectivity index is 1.23. The molecule has 9 aromatic carbocycles. The van der Waals surface area contributed by atoms with Crippen LogP contribution in [0.2, 0.25) is 0 Å². The molecule has 244 valence electrons. The first-order valence-electron chi connectivity index (χ1n) is 18.3. The lowest BCUT2D eigenvalue weighted by molar-refractivity contribution is 0.794. The molecule has 0 N–H and O–H groups in total. The Morgan fingerprint density at radius 1 is 0.346 bits per heavy atom. The molecule has 0 unspecified atom stereocenters. The number of fused-ring (bicyclic) bond motifs is 16. The van der Waals surface area contributed by atoms with Crippen LogP contribution in [0.4, 0.5) is 17.1 Å². The van der Waals surface area contributed by atoms with Crippen molar-refractivity contribution in [3.63, 3.8) is 0 Å². The molecule has 0 saturated carbocycles. The van der Waals surface area contributed by atoms with Crippen LogP contribution < -0.4 is 4.90 Å². The standard InChI is InChI=1S/C51H35N/c1-32-28-33(2)30-35(29-32)52(49-25-13-21-43-38-15-4-3-14-36(38)37-16-5-6-20-42(37)50(43)49)34-26-27-48-44(31-34)41-19-9-12-24-47(41)51(48)45-22-10-7-17-39(45)40-18-8-11-23-46(40)51/h3-31H,1-2H3. The van der Waals surface area contributed by atoms with E-state index in [9.17, 15) is 0 Å². The third-order valence-corrected chi connectivity index (χ3v) is 11.7. The quantitative estimate of drug-likeness (QED) is 0.170. The van der Waals surface area contributed by atoms with E-state index in [1.165, 1.54) is 99.3 Å². The molecule has 11 rings (SSSR count). The van der Waals surface area contributed by atoms with Gasteiger partial charge in [0.15, 0.2) is 0 Å². The number of aryl methyl sites for hydroxylation is 2. The molecule has 0 aromatic heterocycles. The van der Waals surface area contributed by atoms with Gasteiger partial charge in [0.2, 0.25) is 0 Å². The van der Waals surface area contributed by atoms with Crippen LogP contribution in [0.3, 0.4) is 0 Å². The lowest BCUT2D eigenvalue weighted by Crippen LogP contribution is -2.25. The average Bonchev–Trinajstić information content (AvgIpc) is 3.65. The first-order valence-corrected chi connectivity index (χ1v) is 18.3. The van der Waals surface area contributed by atoms with Crippen LogP contribution in [-0.2, 0) is 5.41 Å². The molecule has 0 bridgehead atoms. The van der Waals surface area contributed by atoms with Crippen molar-refractivity contribution in [2.75, 3.05) is 4.90 Å². The Morgan fingerprint density at radius 2 is 0.788 bits per heavy atom. The van der Waals surface area contributed by atoms with Crippen molar-refractivity contribution in [2.45, 2.75) is 19.3 Å². The minimum Gasteiger partial charge on any atom is -0.310 e. The minimum absolute atomic E-state index is 0.364. The average molecular weight is 662 g/mol. The highest BCUT2D eigenvalue weighted by atomic mass is 15.1. The van der Waals surface area contributed by atoms with Crippen molar-refractivity contribution >= 4 is 49.4 Å². The zero-order valence-electron chi connectivity index (χ0n) is 29.2. The Kier molecular flexibility index (Phi) is 6.08. The predicted molar refractivity (Wildman–Crippen MR) is 219 cm³/mol. The van der Waals surface area contributed by atoms with Crippen molar-refractivity contribution in [1.82, 2.24) is 0 Å². The minimum atomic E-state index is -0.364. The maximum atomic E-state index is 2.51. The summed E-state index contributed by atoms with van der Waals surface area (Å²) in [6.07, 6.45) is 0. The molecule has 9 aromatic rings. The second-order valence-corrected chi connectivity index (χ2v) is 14.6. The largest absolute Gasteiger partial charge is 0.310 e. The Labute approximate surface area is 304 Å². The van der Waals surface area contributed by atoms with Crippen molar-refractivity contribution < 1.29 is 0 Å². The summed E-state index contributed by atoms with van der Waals surface area (Å²) in [7, 11) is 0. The van der Waals surface area contributed by atoms with E-state index in [0.29, 0.717) is 0 Å². The van der Waals surface area contributed by atoms with Crippen LogP contribution in [-0.4, -0.2) is 0 Å². The summed E-state index contributed by atoms with van der Waals surface area (Å²) in [4.78, 5) is 2.51. The van der Waals surface area contributed by atoms with E-state index < -0.39 is 0 Å². The zero-order chi connectivity index (χ0) is 34.6. The SMILES string of the molecule is Cc1cc(C)cc(N(c2ccc3c(c2)-c2ccccc2C32c3ccccc3-c3ccccc32)c2cccc3c4ccccc4c4ccccc4c23)c1. The number of hydrogen-bond donors (Lipinski definition) is 0. The number of hydrogen-bond acceptors (Lipinski definition) is 1. The fourth-order valence-electron chi connectivity index (χ4n) is 9.86. The van der Waals surface area contributed by atoms with Crippen molar-refractivity contribution in [2.24, 2.45) is 0 Å². The maximum Gasteiger partial charge on any atom is 0.0725 e. The van der Waals surface area contributed by atoms with Crippen molar-refractivity contribution in [3.8, 4) is 22.3 Å². The highest BCUT2D eigenvalue weighted by Crippen LogP contribution is 2.63. The number of benzene rings is 9. The molecule has 0 heterocycles. The van der Waals surface area contributed by atoms with Gasteiger partial charge in [-0.15, -0.1) is 0 Å². The first kappa shape index (κ1) is 29.3. The molecule has 0 fully saturated rings. The van der Waals surface area contributed by atoms with Crippen LogP contribution in [0.25, 0.3) is 54.6 Å². The van der Waals surface area contributed by atoms with Crippen LogP contribution >= 0.6 is 0 Å². The topological polar surface area (TPSA) is 3.24 Å². The van der Waals surface area contributed by atoms with E-state index in [-0.39, 0.29) is 5.41 Å². The van der Waals surface area contributed by atoms with Gasteiger partial charge in [-0.05, 0) is 127 Å². The molecule has 52 heavy (non-hydrogen) atoms. The van der Waals surface area contributed by atoms with Crippen LogP contribution in [0.5, 0.6) is 0 Å². The molecule has 1 spiro atoms. The Bertz CT molecular complexity index is 2840. The number of anilines is 3. The van der Waals surface area contributed by atoms with E-state index in [0.717, 1.165) is 5.69 Å². The second kappa shape index (κ2) is 10.8. The fraction of sp³-hybridized carbons (Fsp3) is 0.0588. The van der Waals surface area contributed by atoms with E-state index in [4.69, 9.17) is 0 Å². The van der Waals surface area contributed by atoms with Gasteiger partial charge >= 0.3 is 0 Å². The van der Waals surface area contributed by atoms with E-state index >= 15 is 0 Å². The van der Waals surface area contributed by atoms with Gasteiger partial charge in [0, 0.05) is 16.8 Å². The van der Waals surface area contributed by atoms with Gasteiger partial charge in [0.25, 0.3) is 0 Å². The summed E-state index contributed by atoms with van der Waals surface area (Å²) < 4.78 is 0. The van der Waals surface area contributed by atoms with Crippen molar-refractivity contribution in [3.05, 3.63) is 209 Å². The molecule has 0 saturated heterocycles. The van der Waals surface area contributed by atoms with Crippen LogP contribution in [0, 0.1) is 13.8 Å². The molecule has 1 heteroatoms. The predicted octanol–water partition coefficient (Wildman–Crippen LogP) is 13.6. The fourth-order valence-corrected chi connectivity index (χ4v) is 9.86. The third-order valence-electron chi connectivity index (χ3n) is 11.7. The Hall–Kier alpha value is -6.44. The third kappa shape index (κ3) is 3.83. The van der Waals surface area contributed by atoms with Crippen LogP contribution in [0.1, 0.15) is 33.4 Å². The Morgan fingerprint density at radius 3 is 1.37 bits per heavy atom. The summed E-state index contributed by atoms with van der Waals surface area (Å²) in [6.45, 7) is 4.41. The molecular formula is C51H35N. The van der Waals surface area contributed by atoms with Gasteiger partial charge < -0.3 is 4.90 Å². The summed E-state index contributed by atoms with van der Waals surface area (Å²) in [5.74, 6) is 0. The summed E-state index contributed by atoms with van der Waals surface area (Å²) in [5.41, 5.74) is 16.4. The molecule has 0 aliphatic heterocycles. The van der Waals surface area contributed by atoms with Gasteiger partial charge in [-0.1, -0.05) is 146 Å². The highest BCUT2D eigenvalue weighted by Gasteiger charge is 2.51. The molecule has 2 aliphatic rings. The van der Waals surface area contributed by atoms with E-state index in [2.05, 4.69) is 195 Å². The molecular weight excluding hydrogens is 627 g/mol. The van der Waals surface area contributed by atoms with Gasteiger partial charge in [0.1, 0.15) is 0 Å². The van der Waals surface area contributed by atoms with E-state index in [1.54, 1.807) is 0 Å². The molecule has 0 radical (unpaired) electrons. The van der Waals surface area contributed by atoms with Crippen LogP contribution in [0.15, 0.2) is 176 Å². The second-order valence-electron chi connectivity index (χ2n) is 14.6. The van der Waals surface area contributed by atoms with Crippen molar-refractivity contribution in [1.29, 1.82) is 0 Å². The molecule has 2 aliphatic carbocycles. The summed E-state index contributed by atoms with van der Waals surface area (Å²) >= 11 is 0. The first-order chi connectivity index (χ1) is 25.6. The zero-order valence-corrected chi connectivity index (χ0v) is 29.2. The highest BCUT2D eigenvalue weighted by molar-refractivity contribution is 6.28. The summed E-state index contributed by atoms with van der Waals surface area (Å²) in [6, 6.07) is 66.0. The maximum absolute atomic E-state index is 2.51.